The number of benzene rings is 1. The molecule has 0 saturated carbocycles. The number of methoxy groups -OCH3 is 1. The highest BCUT2D eigenvalue weighted by atomic mass is 16.5. The van der Waals surface area contributed by atoms with Gasteiger partial charge in [0.05, 0.1) is 19.1 Å². The van der Waals surface area contributed by atoms with Crippen LogP contribution in [-0.2, 0) is 0 Å². The second-order valence-electron chi connectivity index (χ2n) is 4.46. The van der Waals surface area contributed by atoms with Gasteiger partial charge in [-0.3, -0.25) is 14.6 Å². The van der Waals surface area contributed by atoms with Crippen molar-refractivity contribution >= 4 is 11.6 Å². The van der Waals surface area contributed by atoms with Crippen molar-refractivity contribution in [1.82, 2.24) is 4.98 Å². The molecule has 4 heteroatoms. The van der Waals surface area contributed by atoms with Crippen molar-refractivity contribution in [3.63, 3.8) is 0 Å². The van der Waals surface area contributed by atoms with E-state index in [0.29, 0.717) is 16.9 Å². The lowest BCUT2D eigenvalue weighted by molar-refractivity contribution is 0.0892. The molecule has 0 amide bonds. The maximum absolute atomic E-state index is 12.2. The standard InChI is InChI=1S/C16H15NO3/c1-11-3-4-16(20-2)13(9-11)15(19)10-14(18)12-5-7-17-8-6-12/h3-9H,10H2,1-2H3. The number of carbonyl (C=O) groups is 2. The molecule has 1 aromatic carbocycles. The molecule has 0 saturated heterocycles. The van der Waals surface area contributed by atoms with Gasteiger partial charge < -0.3 is 4.74 Å². The van der Waals surface area contributed by atoms with E-state index >= 15 is 0 Å². The molecule has 0 bridgehead atoms. The van der Waals surface area contributed by atoms with E-state index in [0.717, 1.165) is 5.56 Å². The topological polar surface area (TPSA) is 56.3 Å². The Kier molecular flexibility index (Phi) is 4.25. The molecule has 2 aromatic rings. The molecule has 0 spiro atoms. The molecule has 1 aromatic heterocycles. The summed E-state index contributed by atoms with van der Waals surface area (Å²) in [5.41, 5.74) is 1.88. The van der Waals surface area contributed by atoms with Crippen molar-refractivity contribution in [2.75, 3.05) is 7.11 Å². The van der Waals surface area contributed by atoms with E-state index in [2.05, 4.69) is 4.98 Å². The molecule has 1 heterocycles. The zero-order valence-corrected chi connectivity index (χ0v) is 11.4. The van der Waals surface area contributed by atoms with Gasteiger partial charge in [-0.2, -0.15) is 0 Å². The lowest BCUT2D eigenvalue weighted by atomic mass is 10.00. The summed E-state index contributed by atoms with van der Waals surface area (Å²) < 4.78 is 5.17. The molecule has 0 unspecified atom stereocenters. The van der Waals surface area contributed by atoms with E-state index in [-0.39, 0.29) is 18.0 Å². The number of aromatic nitrogens is 1. The fourth-order valence-corrected chi connectivity index (χ4v) is 1.92. The number of aryl methyl sites for hydroxylation is 1. The molecule has 0 aliphatic heterocycles. The minimum absolute atomic E-state index is 0.177. The first kappa shape index (κ1) is 13.9. The fourth-order valence-electron chi connectivity index (χ4n) is 1.92. The Morgan fingerprint density at radius 2 is 1.80 bits per heavy atom. The van der Waals surface area contributed by atoms with Gasteiger partial charge in [-0.15, -0.1) is 0 Å². The van der Waals surface area contributed by atoms with Crippen LogP contribution in [0.2, 0.25) is 0 Å². The third kappa shape index (κ3) is 3.09. The first-order chi connectivity index (χ1) is 9.61. The van der Waals surface area contributed by atoms with Crippen LogP contribution in [0.15, 0.2) is 42.7 Å². The minimum atomic E-state index is -0.243. The maximum Gasteiger partial charge on any atom is 0.174 e. The summed E-state index contributed by atoms with van der Waals surface area (Å²) in [5.74, 6) is 0.0245. The van der Waals surface area contributed by atoms with E-state index in [1.165, 1.54) is 19.5 Å². The molecule has 0 radical (unpaired) electrons. The lowest BCUT2D eigenvalue weighted by Crippen LogP contribution is -2.10. The second-order valence-corrected chi connectivity index (χ2v) is 4.46. The molecule has 0 aliphatic carbocycles. The zero-order valence-electron chi connectivity index (χ0n) is 11.4. The molecule has 20 heavy (non-hydrogen) atoms. The van der Waals surface area contributed by atoms with Gasteiger partial charge in [0.25, 0.3) is 0 Å². The summed E-state index contributed by atoms with van der Waals surface area (Å²) in [7, 11) is 1.51. The highest BCUT2D eigenvalue weighted by molar-refractivity contribution is 6.14. The van der Waals surface area contributed by atoms with Crippen molar-refractivity contribution in [2.24, 2.45) is 0 Å². The van der Waals surface area contributed by atoms with E-state index in [1.54, 1.807) is 24.3 Å². The van der Waals surface area contributed by atoms with Crippen LogP contribution >= 0.6 is 0 Å². The van der Waals surface area contributed by atoms with E-state index < -0.39 is 0 Å². The monoisotopic (exact) mass is 269 g/mol. The van der Waals surface area contributed by atoms with Crippen LogP contribution < -0.4 is 4.74 Å². The normalized spacial score (nSPS) is 10.1. The van der Waals surface area contributed by atoms with Gasteiger partial charge in [0.2, 0.25) is 0 Å². The predicted octanol–water partition coefficient (Wildman–Crippen LogP) is 2.85. The first-order valence-corrected chi connectivity index (χ1v) is 6.23. The smallest absolute Gasteiger partial charge is 0.174 e. The molecule has 2 rings (SSSR count). The Labute approximate surface area is 117 Å². The highest BCUT2D eigenvalue weighted by Crippen LogP contribution is 2.21. The Balaban J connectivity index is 2.21. The highest BCUT2D eigenvalue weighted by Gasteiger charge is 2.17. The van der Waals surface area contributed by atoms with Crippen molar-refractivity contribution in [2.45, 2.75) is 13.3 Å². The Hall–Kier alpha value is -2.49. The maximum atomic E-state index is 12.2. The summed E-state index contributed by atoms with van der Waals surface area (Å²) in [6, 6.07) is 8.53. The van der Waals surface area contributed by atoms with Gasteiger partial charge in [0.1, 0.15) is 5.75 Å². The van der Waals surface area contributed by atoms with E-state index in [4.69, 9.17) is 4.74 Å². The van der Waals surface area contributed by atoms with Gasteiger partial charge >= 0.3 is 0 Å². The molecule has 0 fully saturated rings. The van der Waals surface area contributed by atoms with Crippen molar-refractivity contribution in [3.8, 4) is 5.75 Å². The number of nitrogens with zero attached hydrogens (tertiary/aromatic N) is 1. The molecule has 4 nitrogen and oxygen atoms in total. The molecule has 0 N–H and O–H groups in total. The van der Waals surface area contributed by atoms with Crippen molar-refractivity contribution < 1.29 is 14.3 Å². The number of Topliss-reactive ketones (excluding diaryl/α,β-unsaturated/α-hetero) is 2. The summed E-state index contributed by atoms with van der Waals surface area (Å²) in [6.45, 7) is 1.89. The van der Waals surface area contributed by atoms with Gasteiger partial charge in [-0.05, 0) is 31.2 Å². The van der Waals surface area contributed by atoms with Crippen LogP contribution in [0, 0.1) is 6.92 Å². The van der Waals surface area contributed by atoms with E-state index in [9.17, 15) is 9.59 Å². The number of carbonyl (C=O) groups excluding carboxylic acids is 2. The minimum Gasteiger partial charge on any atom is -0.496 e. The van der Waals surface area contributed by atoms with Crippen LogP contribution in [0.5, 0.6) is 5.75 Å². The Bertz CT molecular complexity index is 635. The Morgan fingerprint density at radius 3 is 2.45 bits per heavy atom. The molecular formula is C16H15NO3. The number of ether oxygens (including phenoxy) is 1. The number of hydrogen-bond acceptors (Lipinski definition) is 4. The second kappa shape index (κ2) is 6.10. The van der Waals surface area contributed by atoms with Crippen LogP contribution in [0.25, 0.3) is 0 Å². The first-order valence-electron chi connectivity index (χ1n) is 6.23. The SMILES string of the molecule is COc1ccc(C)cc1C(=O)CC(=O)c1ccncc1. The van der Waals surface area contributed by atoms with Gasteiger partial charge in [-0.25, -0.2) is 0 Å². The van der Waals surface area contributed by atoms with Gasteiger partial charge in [0, 0.05) is 18.0 Å². The number of pyridine rings is 1. The van der Waals surface area contributed by atoms with Gasteiger partial charge in [-0.1, -0.05) is 11.6 Å². The number of hydrogen-bond donors (Lipinski definition) is 0. The van der Waals surface area contributed by atoms with E-state index in [1.807, 2.05) is 13.0 Å². The summed E-state index contributed by atoms with van der Waals surface area (Å²) in [5, 5.41) is 0. The quantitative estimate of drug-likeness (QED) is 0.618. The summed E-state index contributed by atoms with van der Waals surface area (Å²) in [4.78, 5) is 28.1. The largest absolute Gasteiger partial charge is 0.496 e. The molecule has 0 aliphatic rings. The third-order valence-electron chi connectivity index (χ3n) is 2.98. The third-order valence-corrected chi connectivity index (χ3v) is 2.98. The zero-order chi connectivity index (χ0) is 14.5. The average molecular weight is 269 g/mol. The van der Waals surface area contributed by atoms with Gasteiger partial charge in [0.15, 0.2) is 11.6 Å². The van der Waals surface area contributed by atoms with Crippen LogP contribution in [0.1, 0.15) is 32.7 Å². The molecule has 0 atom stereocenters. The molecular weight excluding hydrogens is 254 g/mol. The van der Waals surface area contributed by atoms with Crippen molar-refractivity contribution in [3.05, 3.63) is 59.4 Å². The van der Waals surface area contributed by atoms with Crippen LogP contribution in [0.4, 0.5) is 0 Å². The van der Waals surface area contributed by atoms with Crippen molar-refractivity contribution in [1.29, 1.82) is 0 Å². The van der Waals surface area contributed by atoms with Crippen LogP contribution in [0.3, 0.4) is 0 Å². The summed E-state index contributed by atoms with van der Waals surface area (Å²) in [6.07, 6.45) is 2.89. The number of ketones is 2. The number of rotatable bonds is 5. The fraction of sp³-hybridized carbons (Fsp3) is 0.188. The van der Waals surface area contributed by atoms with Crippen LogP contribution in [-0.4, -0.2) is 23.7 Å². The average Bonchev–Trinajstić information content (AvgIpc) is 2.48. The summed E-state index contributed by atoms with van der Waals surface area (Å²) >= 11 is 0. The predicted molar refractivity (Wildman–Crippen MR) is 75.2 cm³/mol. The Morgan fingerprint density at radius 1 is 1.10 bits per heavy atom. The lowest BCUT2D eigenvalue weighted by Gasteiger charge is -2.08. The molecule has 102 valence electrons.